The fourth-order valence-electron chi connectivity index (χ4n) is 5.31. The summed E-state index contributed by atoms with van der Waals surface area (Å²) in [5.41, 5.74) is 6.75. The van der Waals surface area contributed by atoms with Crippen molar-refractivity contribution in [2.75, 3.05) is 12.3 Å². The van der Waals surface area contributed by atoms with E-state index in [1.807, 2.05) is 6.07 Å². The molecule has 1 fully saturated rings. The average molecular weight is 677 g/mol. The first-order valence-corrected chi connectivity index (χ1v) is 15.0. The van der Waals surface area contributed by atoms with Crippen LogP contribution in [0.5, 0.6) is 28.7 Å². The Morgan fingerprint density at radius 2 is 1.69 bits per heavy atom. The number of aromatic amines is 1. The molecule has 256 valence electrons. The zero-order valence-corrected chi connectivity index (χ0v) is 25.6. The van der Waals surface area contributed by atoms with Crippen molar-refractivity contribution in [1.82, 2.24) is 4.98 Å². The Morgan fingerprint density at radius 3 is 2.39 bits per heavy atom. The van der Waals surface area contributed by atoms with Crippen LogP contribution in [0.2, 0.25) is 0 Å². The summed E-state index contributed by atoms with van der Waals surface area (Å²) >= 11 is 0. The van der Waals surface area contributed by atoms with Gasteiger partial charge in [0, 0.05) is 29.8 Å². The Kier molecular flexibility index (Phi) is 9.33. The number of nitrogens with two attached hydrogens (primary N) is 1. The third-order valence-electron chi connectivity index (χ3n) is 7.81. The highest BCUT2D eigenvalue weighted by Crippen LogP contribution is 2.44. The first-order valence-electron chi connectivity index (χ1n) is 15.0. The van der Waals surface area contributed by atoms with Gasteiger partial charge in [0.05, 0.1) is 6.61 Å². The van der Waals surface area contributed by atoms with Crippen LogP contribution in [0.3, 0.4) is 0 Å². The Balaban J connectivity index is 1.32. The number of carboxylic acids is 1. The molecule has 3 aromatic carbocycles. The second-order valence-corrected chi connectivity index (χ2v) is 11.3. The lowest BCUT2D eigenvalue weighted by molar-refractivity contribution is -0.271. The van der Waals surface area contributed by atoms with Gasteiger partial charge in [-0.1, -0.05) is 12.1 Å². The van der Waals surface area contributed by atoms with E-state index in [0.29, 0.717) is 35.7 Å². The quantitative estimate of drug-likeness (QED) is 0.100. The van der Waals surface area contributed by atoms with Gasteiger partial charge in [-0.3, -0.25) is 4.79 Å². The predicted molar refractivity (Wildman–Crippen MR) is 171 cm³/mol. The highest BCUT2D eigenvalue weighted by atomic mass is 16.7. The lowest BCUT2D eigenvalue weighted by Gasteiger charge is -2.38. The molecule has 0 amide bonds. The molecule has 5 aromatic rings. The number of fused-ring (bicyclic) bond motifs is 1. The maximum atomic E-state index is 13.4. The van der Waals surface area contributed by atoms with Crippen LogP contribution in [0.1, 0.15) is 11.3 Å². The Morgan fingerprint density at radius 1 is 0.918 bits per heavy atom. The summed E-state index contributed by atoms with van der Waals surface area (Å²) in [6.07, 6.45) is -9.15. The molecule has 3 heterocycles. The number of aliphatic hydroxyl groups excluding tert-OH is 3. The number of nitrogen functional groups attached to an aromatic ring is 1. The molecule has 49 heavy (non-hydrogen) atoms. The molecule has 0 aliphatic carbocycles. The van der Waals surface area contributed by atoms with Crippen LogP contribution in [-0.2, 0) is 22.6 Å². The Bertz CT molecular complexity index is 2020. The van der Waals surface area contributed by atoms with Gasteiger partial charge >= 0.3 is 5.97 Å². The fraction of sp³-hybridized carbons (Fsp3) is 0.235. The van der Waals surface area contributed by atoms with Gasteiger partial charge in [-0.05, 0) is 54.1 Å². The van der Waals surface area contributed by atoms with Crippen molar-refractivity contribution >= 4 is 22.8 Å². The Labute approximate surface area is 276 Å². The minimum atomic E-state index is -1.98. The van der Waals surface area contributed by atoms with Crippen LogP contribution >= 0.6 is 0 Å². The second kappa shape index (κ2) is 13.8. The molecule has 1 aliphatic rings. The second-order valence-electron chi connectivity index (χ2n) is 11.3. The van der Waals surface area contributed by atoms with E-state index in [1.54, 1.807) is 42.5 Å². The standard InChI is InChI=1S/C34H32N2O13/c35-25-9-6-18(36-25)10-11-45-20-7-4-17(5-8-20)22-13-21(38)26-23(47-22)14-24(31(27(26)39)46-15-16-2-1-3-19(37)12-16)48-34-30(42)28(40)29(41)32(49-34)33(43)44/h1-9,12-14,28-30,32,34,36-37,39-42H,10-11,15,35H2,(H,43,44)/t28-,29+,30-,32+,34-/m1/s1. The van der Waals surface area contributed by atoms with Gasteiger partial charge in [0.15, 0.2) is 23.0 Å². The molecule has 0 unspecified atom stereocenters. The molecule has 1 saturated heterocycles. The number of aromatic hydroxyl groups is 2. The molecule has 0 spiro atoms. The molecule has 0 saturated carbocycles. The number of aliphatic hydroxyl groups is 3. The summed E-state index contributed by atoms with van der Waals surface area (Å²) in [6, 6.07) is 18.7. The minimum absolute atomic E-state index is 0.0544. The zero-order chi connectivity index (χ0) is 34.8. The van der Waals surface area contributed by atoms with Crippen molar-refractivity contribution < 1.29 is 58.8 Å². The number of aromatic nitrogens is 1. The minimum Gasteiger partial charge on any atom is -0.508 e. The number of ether oxygens (including phenoxy) is 4. The van der Waals surface area contributed by atoms with E-state index in [9.17, 15) is 40.2 Å². The number of aliphatic carboxylic acids is 1. The number of hydrogen-bond acceptors (Lipinski definition) is 13. The number of carbonyl (C=O) groups is 1. The van der Waals surface area contributed by atoms with Crippen LogP contribution in [0.4, 0.5) is 5.82 Å². The highest BCUT2D eigenvalue weighted by molar-refractivity contribution is 5.89. The van der Waals surface area contributed by atoms with Gasteiger partial charge in [-0.25, -0.2) is 4.79 Å². The van der Waals surface area contributed by atoms with Crippen molar-refractivity contribution in [2.45, 2.75) is 43.7 Å². The number of hydrogen-bond donors (Lipinski definition) is 8. The van der Waals surface area contributed by atoms with Gasteiger partial charge in [0.1, 0.15) is 59.0 Å². The van der Waals surface area contributed by atoms with Crippen molar-refractivity contribution in [1.29, 1.82) is 0 Å². The van der Waals surface area contributed by atoms with Gasteiger partial charge in [0.25, 0.3) is 0 Å². The van der Waals surface area contributed by atoms with Crippen molar-refractivity contribution in [2.24, 2.45) is 0 Å². The third-order valence-corrected chi connectivity index (χ3v) is 7.81. The summed E-state index contributed by atoms with van der Waals surface area (Å²) in [5.74, 6) is -1.94. The van der Waals surface area contributed by atoms with E-state index in [2.05, 4.69) is 4.98 Å². The lowest BCUT2D eigenvalue weighted by atomic mass is 9.99. The number of phenolic OH excluding ortho intramolecular Hbond substituents is 2. The molecule has 5 atom stereocenters. The van der Waals surface area contributed by atoms with E-state index >= 15 is 0 Å². The molecule has 0 radical (unpaired) electrons. The van der Waals surface area contributed by atoms with Crippen LogP contribution in [0, 0.1) is 0 Å². The number of rotatable bonds is 11. The average Bonchev–Trinajstić information content (AvgIpc) is 3.49. The summed E-state index contributed by atoms with van der Waals surface area (Å²) in [7, 11) is 0. The molecule has 9 N–H and O–H groups in total. The first kappa shape index (κ1) is 33.2. The molecule has 6 rings (SSSR count). The monoisotopic (exact) mass is 676 g/mol. The van der Waals surface area contributed by atoms with Crippen molar-refractivity contribution in [3.8, 4) is 40.1 Å². The van der Waals surface area contributed by atoms with Crippen LogP contribution in [-0.4, -0.2) is 78.9 Å². The molecule has 15 nitrogen and oxygen atoms in total. The number of benzene rings is 3. The van der Waals surface area contributed by atoms with Crippen LogP contribution in [0.25, 0.3) is 22.3 Å². The zero-order valence-electron chi connectivity index (χ0n) is 25.6. The largest absolute Gasteiger partial charge is 0.508 e. The molecule has 15 heteroatoms. The van der Waals surface area contributed by atoms with Crippen LogP contribution in [0.15, 0.2) is 82.0 Å². The maximum absolute atomic E-state index is 13.4. The molecular formula is C34H32N2O13. The van der Waals surface area contributed by atoms with E-state index < -0.39 is 53.6 Å². The van der Waals surface area contributed by atoms with E-state index in [-0.39, 0.29) is 34.8 Å². The molecule has 2 aromatic heterocycles. The van der Waals surface area contributed by atoms with Gasteiger partial charge in [-0.15, -0.1) is 0 Å². The summed E-state index contributed by atoms with van der Waals surface area (Å²) in [4.78, 5) is 28.1. The Hall–Kier alpha value is -5.74. The summed E-state index contributed by atoms with van der Waals surface area (Å²) < 4.78 is 28.6. The van der Waals surface area contributed by atoms with Gasteiger partial charge < -0.3 is 64.7 Å². The summed E-state index contributed by atoms with van der Waals surface area (Å²) in [6.45, 7) is 0.138. The number of H-pyrrole nitrogens is 1. The van der Waals surface area contributed by atoms with Gasteiger partial charge in [-0.2, -0.15) is 0 Å². The predicted octanol–water partition coefficient (Wildman–Crippen LogP) is 2.25. The molecular weight excluding hydrogens is 644 g/mol. The topological polar surface area (TPSA) is 247 Å². The third kappa shape index (κ3) is 7.09. The maximum Gasteiger partial charge on any atom is 0.335 e. The first-order chi connectivity index (χ1) is 23.5. The fourth-order valence-corrected chi connectivity index (χ4v) is 5.31. The molecule has 1 aliphatic heterocycles. The highest BCUT2D eigenvalue weighted by Gasteiger charge is 2.48. The van der Waals surface area contributed by atoms with Crippen molar-refractivity contribution in [3.63, 3.8) is 0 Å². The smallest absolute Gasteiger partial charge is 0.335 e. The molecule has 0 bridgehead atoms. The van der Waals surface area contributed by atoms with Crippen molar-refractivity contribution in [3.05, 3.63) is 94.3 Å². The summed E-state index contributed by atoms with van der Waals surface area (Å²) in [5, 5.41) is 61.3. The number of carboxylic acid groups (broad SMARTS) is 1. The number of nitrogens with one attached hydrogen (secondary N) is 1. The lowest BCUT2D eigenvalue weighted by Crippen LogP contribution is -2.61. The van der Waals surface area contributed by atoms with E-state index in [0.717, 1.165) is 5.69 Å². The van der Waals surface area contributed by atoms with Crippen LogP contribution < -0.4 is 25.4 Å². The van der Waals surface area contributed by atoms with E-state index in [1.165, 1.54) is 24.3 Å². The number of phenols is 2. The number of anilines is 1. The SMILES string of the molecule is Nc1ccc(CCOc2ccc(-c3cc(=O)c4c(O)c(OCc5cccc(O)c5)c(O[C@@H]5O[C@H](C(=O)O)[C@@H](O)[C@@H](O)[C@H]5O)cc4o3)cc2)[nH]1. The van der Waals surface area contributed by atoms with Gasteiger partial charge in [0.2, 0.25) is 12.0 Å². The normalized spacial score (nSPS) is 20.6. The van der Waals surface area contributed by atoms with E-state index in [4.69, 9.17) is 29.1 Å².